The van der Waals surface area contributed by atoms with Gasteiger partial charge < -0.3 is 10.2 Å². The van der Waals surface area contributed by atoms with Crippen molar-refractivity contribution >= 4 is 11.8 Å². The van der Waals surface area contributed by atoms with E-state index in [-0.39, 0.29) is 17.9 Å². The number of hydrogen-bond acceptors (Lipinski definition) is 2. The van der Waals surface area contributed by atoms with Crippen molar-refractivity contribution in [2.24, 2.45) is 5.92 Å². The summed E-state index contributed by atoms with van der Waals surface area (Å²) in [4.78, 5) is 27.3. The monoisotopic (exact) mass is 294 g/mol. The molecule has 0 bridgehead atoms. The summed E-state index contributed by atoms with van der Waals surface area (Å²) in [5, 5.41) is 3.04. The number of unbranched alkanes of at least 4 members (excludes halogenated alkanes) is 3. The highest BCUT2D eigenvalue weighted by Gasteiger charge is 2.54. The summed E-state index contributed by atoms with van der Waals surface area (Å²) in [6, 6.07) is -0.254. The first kappa shape index (κ1) is 16.3. The SMILES string of the molecule is CCCCCCN1C(=O)C(C)(C2CC2)NC(=O)C1CCC. The minimum Gasteiger partial charge on any atom is -0.340 e. The Bertz CT molecular complexity index is 392. The van der Waals surface area contributed by atoms with E-state index in [0.29, 0.717) is 5.92 Å². The normalized spacial score (nSPS) is 29.7. The Balaban J connectivity index is 2.08. The molecular formula is C17H30N2O2. The molecule has 2 rings (SSSR count). The highest BCUT2D eigenvalue weighted by atomic mass is 16.2. The zero-order chi connectivity index (χ0) is 15.5. The highest BCUT2D eigenvalue weighted by molar-refractivity contribution is 6.00. The van der Waals surface area contributed by atoms with Crippen molar-refractivity contribution in [3.8, 4) is 0 Å². The molecule has 1 aliphatic carbocycles. The van der Waals surface area contributed by atoms with Crippen LogP contribution in [0.25, 0.3) is 0 Å². The second-order valence-corrected chi connectivity index (χ2v) is 6.83. The van der Waals surface area contributed by atoms with Gasteiger partial charge in [-0.3, -0.25) is 9.59 Å². The molecule has 4 heteroatoms. The van der Waals surface area contributed by atoms with Crippen LogP contribution >= 0.6 is 0 Å². The van der Waals surface area contributed by atoms with E-state index in [9.17, 15) is 9.59 Å². The maximum Gasteiger partial charge on any atom is 0.249 e. The van der Waals surface area contributed by atoms with Gasteiger partial charge in [-0.2, -0.15) is 0 Å². The highest BCUT2D eigenvalue weighted by Crippen LogP contribution is 2.42. The lowest BCUT2D eigenvalue weighted by molar-refractivity contribution is -0.155. The summed E-state index contributed by atoms with van der Waals surface area (Å²) >= 11 is 0. The van der Waals surface area contributed by atoms with Gasteiger partial charge in [-0.05, 0) is 38.5 Å². The molecule has 0 spiro atoms. The predicted molar refractivity (Wildman–Crippen MR) is 83.8 cm³/mol. The molecule has 0 aromatic carbocycles. The van der Waals surface area contributed by atoms with Crippen molar-refractivity contribution < 1.29 is 9.59 Å². The lowest BCUT2D eigenvalue weighted by Crippen LogP contribution is -2.70. The molecule has 2 fully saturated rings. The quantitative estimate of drug-likeness (QED) is 0.700. The average molecular weight is 294 g/mol. The molecule has 0 radical (unpaired) electrons. The number of carbonyl (C=O) groups excluding carboxylic acids is 2. The Kier molecular flexibility index (Phi) is 5.28. The number of hydrogen-bond donors (Lipinski definition) is 1. The zero-order valence-corrected chi connectivity index (χ0v) is 13.8. The van der Waals surface area contributed by atoms with E-state index in [1.54, 1.807) is 0 Å². The van der Waals surface area contributed by atoms with Crippen LogP contribution in [0.15, 0.2) is 0 Å². The summed E-state index contributed by atoms with van der Waals surface area (Å²) in [5.41, 5.74) is -0.647. The molecule has 0 aromatic heterocycles. The molecule has 21 heavy (non-hydrogen) atoms. The fourth-order valence-electron chi connectivity index (χ4n) is 3.44. The van der Waals surface area contributed by atoms with Gasteiger partial charge in [0.05, 0.1) is 0 Å². The molecule has 1 N–H and O–H groups in total. The fraction of sp³-hybridized carbons (Fsp3) is 0.882. The van der Waals surface area contributed by atoms with Crippen molar-refractivity contribution in [3.63, 3.8) is 0 Å². The van der Waals surface area contributed by atoms with E-state index < -0.39 is 5.54 Å². The van der Waals surface area contributed by atoms with Gasteiger partial charge in [-0.1, -0.05) is 39.5 Å². The van der Waals surface area contributed by atoms with Crippen LogP contribution in [0, 0.1) is 5.92 Å². The van der Waals surface area contributed by atoms with Gasteiger partial charge in [-0.15, -0.1) is 0 Å². The van der Waals surface area contributed by atoms with Crippen LogP contribution in [-0.4, -0.2) is 34.8 Å². The van der Waals surface area contributed by atoms with E-state index in [2.05, 4.69) is 19.2 Å². The number of carbonyl (C=O) groups is 2. The molecule has 1 heterocycles. The third-order valence-electron chi connectivity index (χ3n) is 4.98. The molecule has 0 aromatic rings. The second kappa shape index (κ2) is 6.80. The first-order valence-electron chi connectivity index (χ1n) is 8.67. The van der Waals surface area contributed by atoms with Crippen LogP contribution in [-0.2, 0) is 9.59 Å². The summed E-state index contributed by atoms with van der Waals surface area (Å²) in [6.07, 6.45) is 8.35. The van der Waals surface area contributed by atoms with Crippen LogP contribution in [0.5, 0.6) is 0 Å². The number of amides is 2. The first-order valence-corrected chi connectivity index (χ1v) is 8.67. The third-order valence-corrected chi connectivity index (χ3v) is 4.98. The molecule has 1 aliphatic heterocycles. The topological polar surface area (TPSA) is 49.4 Å². The molecule has 1 saturated heterocycles. The van der Waals surface area contributed by atoms with Crippen molar-refractivity contribution in [1.82, 2.24) is 10.2 Å². The van der Waals surface area contributed by atoms with Gasteiger partial charge in [0, 0.05) is 6.54 Å². The van der Waals surface area contributed by atoms with Gasteiger partial charge in [0.15, 0.2) is 0 Å². The Morgan fingerprint density at radius 2 is 1.86 bits per heavy atom. The van der Waals surface area contributed by atoms with Crippen molar-refractivity contribution in [2.45, 2.75) is 83.7 Å². The van der Waals surface area contributed by atoms with Crippen molar-refractivity contribution in [3.05, 3.63) is 0 Å². The van der Waals surface area contributed by atoms with E-state index in [4.69, 9.17) is 0 Å². The molecule has 2 aliphatic rings. The van der Waals surface area contributed by atoms with Crippen LogP contribution in [0.2, 0.25) is 0 Å². The lowest BCUT2D eigenvalue weighted by Gasteiger charge is -2.45. The second-order valence-electron chi connectivity index (χ2n) is 6.83. The Labute approximate surface area is 128 Å². The van der Waals surface area contributed by atoms with Crippen molar-refractivity contribution in [1.29, 1.82) is 0 Å². The average Bonchev–Trinajstić information content (AvgIpc) is 3.28. The van der Waals surface area contributed by atoms with Crippen LogP contribution in [0.3, 0.4) is 0 Å². The Morgan fingerprint density at radius 1 is 1.14 bits per heavy atom. The zero-order valence-electron chi connectivity index (χ0n) is 13.8. The summed E-state index contributed by atoms with van der Waals surface area (Å²) in [6.45, 7) is 6.91. The molecule has 2 unspecified atom stereocenters. The third kappa shape index (κ3) is 3.41. The lowest BCUT2D eigenvalue weighted by atomic mass is 9.88. The molecular weight excluding hydrogens is 264 g/mol. The molecule has 120 valence electrons. The summed E-state index contributed by atoms with van der Waals surface area (Å²) < 4.78 is 0. The minimum atomic E-state index is -0.647. The predicted octanol–water partition coefficient (Wildman–Crippen LogP) is 2.86. The number of nitrogens with one attached hydrogen (secondary N) is 1. The Hall–Kier alpha value is -1.06. The smallest absolute Gasteiger partial charge is 0.249 e. The van der Waals surface area contributed by atoms with Gasteiger partial charge in [0.1, 0.15) is 11.6 Å². The standard InChI is InChI=1S/C17H30N2O2/c1-4-6-7-8-12-19-14(9-5-2)15(20)18-17(3,16(19)21)13-10-11-13/h13-14H,4-12H2,1-3H3,(H,18,20). The van der Waals surface area contributed by atoms with Crippen LogP contribution < -0.4 is 5.32 Å². The minimum absolute atomic E-state index is 0.0568. The molecule has 4 nitrogen and oxygen atoms in total. The maximum absolute atomic E-state index is 12.9. The molecule has 2 amide bonds. The number of piperazine rings is 1. The molecule has 2 atom stereocenters. The van der Waals surface area contributed by atoms with E-state index in [0.717, 1.165) is 45.1 Å². The summed E-state index contributed by atoms with van der Waals surface area (Å²) in [5.74, 6) is 0.551. The number of rotatable bonds is 8. The fourth-order valence-corrected chi connectivity index (χ4v) is 3.44. The van der Waals surface area contributed by atoms with E-state index in [1.807, 2.05) is 11.8 Å². The van der Waals surface area contributed by atoms with Crippen LogP contribution in [0.1, 0.15) is 72.1 Å². The van der Waals surface area contributed by atoms with Crippen molar-refractivity contribution in [2.75, 3.05) is 6.54 Å². The van der Waals surface area contributed by atoms with Gasteiger partial charge in [0.25, 0.3) is 0 Å². The van der Waals surface area contributed by atoms with Crippen LogP contribution in [0.4, 0.5) is 0 Å². The maximum atomic E-state index is 12.9. The Morgan fingerprint density at radius 3 is 2.43 bits per heavy atom. The van der Waals surface area contributed by atoms with E-state index >= 15 is 0 Å². The van der Waals surface area contributed by atoms with Gasteiger partial charge >= 0.3 is 0 Å². The van der Waals surface area contributed by atoms with E-state index in [1.165, 1.54) is 12.8 Å². The summed E-state index contributed by atoms with van der Waals surface area (Å²) in [7, 11) is 0. The number of nitrogens with zero attached hydrogens (tertiary/aromatic N) is 1. The van der Waals surface area contributed by atoms with Gasteiger partial charge in [-0.25, -0.2) is 0 Å². The molecule has 1 saturated carbocycles. The largest absolute Gasteiger partial charge is 0.340 e. The first-order chi connectivity index (χ1) is 10.0. The van der Waals surface area contributed by atoms with Gasteiger partial charge in [0.2, 0.25) is 11.8 Å².